The van der Waals surface area contributed by atoms with Gasteiger partial charge in [0.2, 0.25) is 0 Å². The SMILES string of the molecule is CNC(C)(CCN(C)CCC(C)C)C(=O)O. The lowest BCUT2D eigenvalue weighted by atomic mass is 9.98. The Labute approximate surface area is 99.0 Å². The molecule has 16 heavy (non-hydrogen) atoms. The highest BCUT2D eigenvalue weighted by Gasteiger charge is 2.30. The third-order valence-corrected chi connectivity index (χ3v) is 3.11. The Kier molecular flexibility index (Phi) is 6.60. The van der Waals surface area contributed by atoms with Crippen LogP contribution in [0.15, 0.2) is 0 Å². The van der Waals surface area contributed by atoms with E-state index in [9.17, 15) is 4.79 Å². The second kappa shape index (κ2) is 6.86. The molecule has 0 aromatic rings. The molecule has 0 aromatic heterocycles. The summed E-state index contributed by atoms with van der Waals surface area (Å²) in [6.07, 6.45) is 1.77. The van der Waals surface area contributed by atoms with E-state index < -0.39 is 11.5 Å². The van der Waals surface area contributed by atoms with Gasteiger partial charge in [-0.1, -0.05) is 13.8 Å². The first kappa shape index (κ1) is 15.4. The number of likely N-dealkylation sites (N-methyl/N-ethyl adjacent to an activating group) is 1. The van der Waals surface area contributed by atoms with E-state index in [0.29, 0.717) is 12.3 Å². The molecule has 0 amide bonds. The molecule has 0 aromatic carbocycles. The lowest BCUT2D eigenvalue weighted by Gasteiger charge is -2.27. The van der Waals surface area contributed by atoms with Gasteiger partial charge in [-0.2, -0.15) is 0 Å². The van der Waals surface area contributed by atoms with Crippen LogP contribution in [0.3, 0.4) is 0 Å². The zero-order chi connectivity index (χ0) is 12.8. The summed E-state index contributed by atoms with van der Waals surface area (Å²) in [4.78, 5) is 13.2. The smallest absolute Gasteiger partial charge is 0.323 e. The third kappa shape index (κ3) is 5.47. The number of nitrogens with zero attached hydrogens (tertiary/aromatic N) is 1. The molecule has 0 heterocycles. The molecule has 0 bridgehead atoms. The van der Waals surface area contributed by atoms with Crippen LogP contribution in [-0.2, 0) is 4.79 Å². The topological polar surface area (TPSA) is 52.6 Å². The summed E-state index contributed by atoms with van der Waals surface area (Å²) in [5.74, 6) is -0.0927. The summed E-state index contributed by atoms with van der Waals surface area (Å²) in [5, 5.41) is 12.0. The quantitative estimate of drug-likeness (QED) is 0.662. The van der Waals surface area contributed by atoms with Gasteiger partial charge in [0.25, 0.3) is 0 Å². The molecule has 0 spiro atoms. The van der Waals surface area contributed by atoms with Crippen molar-refractivity contribution in [3.8, 4) is 0 Å². The highest BCUT2D eigenvalue weighted by Crippen LogP contribution is 2.10. The minimum Gasteiger partial charge on any atom is -0.480 e. The van der Waals surface area contributed by atoms with Gasteiger partial charge in [-0.3, -0.25) is 4.79 Å². The Morgan fingerprint density at radius 3 is 2.38 bits per heavy atom. The first-order valence-electron chi connectivity index (χ1n) is 5.92. The summed E-state index contributed by atoms with van der Waals surface area (Å²) < 4.78 is 0. The van der Waals surface area contributed by atoms with Crippen molar-refractivity contribution in [1.29, 1.82) is 0 Å². The Hall–Kier alpha value is -0.610. The summed E-state index contributed by atoms with van der Waals surface area (Å²) in [5.41, 5.74) is -0.813. The van der Waals surface area contributed by atoms with E-state index in [1.807, 2.05) is 7.05 Å². The van der Waals surface area contributed by atoms with Crippen molar-refractivity contribution in [2.75, 3.05) is 27.2 Å². The maximum atomic E-state index is 11.0. The van der Waals surface area contributed by atoms with Crippen molar-refractivity contribution in [1.82, 2.24) is 10.2 Å². The van der Waals surface area contributed by atoms with Gasteiger partial charge in [0.1, 0.15) is 5.54 Å². The highest BCUT2D eigenvalue weighted by atomic mass is 16.4. The molecule has 2 N–H and O–H groups in total. The average molecular weight is 230 g/mol. The number of hydrogen-bond donors (Lipinski definition) is 2. The Bertz CT molecular complexity index is 219. The van der Waals surface area contributed by atoms with Crippen molar-refractivity contribution in [2.24, 2.45) is 5.92 Å². The number of aliphatic carboxylic acids is 1. The van der Waals surface area contributed by atoms with E-state index >= 15 is 0 Å². The second-order valence-electron chi connectivity index (χ2n) is 5.12. The maximum Gasteiger partial charge on any atom is 0.323 e. The van der Waals surface area contributed by atoms with Crippen LogP contribution >= 0.6 is 0 Å². The standard InChI is InChI=1S/C12H26N2O2/c1-10(2)6-8-14(5)9-7-12(3,13-4)11(15)16/h10,13H,6-9H2,1-5H3,(H,15,16). The largest absolute Gasteiger partial charge is 0.480 e. The maximum absolute atomic E-state index is 11.0. The first-order chi connectivity index (χ1) is 7.31. The van der Waals surface area contributed by atoms with Crippen molar-refractivity contribution < 1.29 is 9.90 Å². The van der Waals surface area contributed by atoms with E-state index in [2.05, 4.69) is 24.1 Å². The summed E-state index contributed by atoms with van der Waals surface area (Å²) in [6, 6.07) is 0. The zero-order valence-electron chi connectivity index (χ0n) is 11.2. The normalized spacial score (nSPS) is 15.4. The summed E-state index contributed by atoms with van der Waals surface area (Å²) in [7, 11) is 3.74. The number of carboxylic acid groups (broad SMARTS) is 1. The minimum absolute atomic E-state index is 0.618. The van der Waals surface area contributed by atoms with Crippen molar-refractivity contribution >= 4 is 5.97 Å². The molecule has 0 fully saturated rings. The van der Waals surface area contributed by atoms with Crippen LogP contribution in [0.25, 0.3) is 0 Å². The van der Waals surface area contributed by atoms with Crippen LogP contribution in [0, 0.1) is 5.92 Å². The fourth-order valence-corrected chi connectivity index (χ4v) is 1.34. The predicted molar refractivity (Wildman–Crippen MR) is 66.7 cm³/mol. The Morgan fingerprint density at radius 1 is 1.44 bits per heavy atom. The first-order valence-corrected chi connectivity index (χ1v) is 5.92. The van der Waals surface area contributed by atoms with Gasteiger partial charge in [0, 0.05) is 6.54 Å². The Balaban J connectivity index is 3.98. The fraction of sp³-hybridized carbons (Fsp3) is 0.917. The molecule has 1 unspecified atom stereocenters. The predicted octanol–water partition coefficient (Wildman–Crippen LogP) is 1.42. The summed E-state index contributed by atoms with van der Waals surface area (Å²) in [6.45, 7) is 7.95. The molecule has 0 radical (unpaired) electrons. The van der Waals surface area contributed by atoms with Gasteiger partial charge in [0.15, 0.2) is 0 Å². The molecule has 0 aliphatic carbocycles. The Morgan fingerprint density at radius 2 is 2.00 bits per heavy atom. The molecule has 96 valence electrons. The van der Waals surface area contributed by atoms with Gasteiger partial charge in [-0.15, -0.1) is 0 Å². The van der Waals surface area contributed by atoms with E-state index in [4.69, 9.17) is 5.11 Å². The van der Waals surface area contributed by atoms with E-state index in [1.54, 1.807) is 14.0 Å². The van der Waals surface area contributed by atoms with Gasteiger partial charge in [0.05, 0.1) is 0 Å². The van der Waals surface area contributed by atoms with Gasteiger partial charge >= 0.3 is 5.97 Å². The second-order valence-corrected chi connectivity index (χ2v) is 5.12. The monoisotopic (exact) mass is 230 g/mol. The van der Waals surface area contributed by atoms with Crippen LogP contribution in [-0.4, -0.2) is 48.7 Å². The molecule has 4 nitrogen and oxygen atoms in total. The molecule has 1 atom stereocenters. The van der Waals surface area contributed by atoms with Crippen LogP contribution in [0.1, 0.15) is 33.6 Å². The van der Waals surface area contributed by atoms with Crippen LogP contribution in [0.2, 0.25) is 0 Å². The number of rotatable bonds is 8. The van der Waals surface area contributed by atoms with Gasteiger partial charge in [-0.05, 0) is 46.3 Å². The lowest BCUT2D eigenvalue weighted by molar-refractivity contribution is -0.144. The minimum atomic E-state index is -0.813. The number of hydrogen-bond acceptors (Lipinski definition) is 3. The van der Waals surface area contributed by atoms with Crippen LogP contribution in [0.5, 0.6) is 0 Å². The molecule has 0 saturated heterocycles. The van der Waals surface area contributed by atoms with Crippen LogP contribution < -0.4 is 5.32 Å². The zero-order valence-corrected chi connectivity index (χ0v) is 11.2. The molecular weight excluding hydrogens is 204 g/mol. The van der Waals surface area contributed by atoms with E-state index in [-0.39, 0.29) is 0 Å². The lowest BCUT2D eigenvalue weighted by Crippen LogP contribution is -2.49. The average Bonchev–Trinajstić information content (AvgIpc) is 2.22. The van der Waals surface area contributed by atoms with Crippen LogP contribution in [0.4, 0.5) is 0 Å². The summed E-state index contributed by atoms with van der Waals surface area (Å²) >= 11 is 0. The number of nitrogens with one attached hydrogen (secondary N) is 1. The molecule has 0 rings (SSSR count). The number of carboxylic acids is 1. The molecular formula is C12H26N2O2. The van der Waals surface area contributed by atoms with Gasteiger partial charge in [-0.25, -0.2) is 0 Å². The van der Waals surface area contributed by atoms with Crippen molar-refractivity contribution in [3.63, 3.8) is 0 Å². The molecule has 4 heteroatoms. The van der Waals surface area contributed by atoms with Crippen molar-refractivity contribution in [2.45, 2.75) is 39.2 Å². The number of carbonyl (C=O) groups is 1. The highest BCUT2D eigenvalue weighted by molar-refractivity contribution is 5.78. The van der Waals surface area contributed by atoms with E-state index in [0.717, 1.165) is 19.5 Å². The fourth-order valence-electron chi connectivity index (χ4n) is 1.34. The third-order valence-electron chi connectivity index (χ3n) is 3.11. The van der Waals surface area contributed by atoms with Gasteiger partial charge < -0.3 is 15.3 Å². The van der Waals surface area contributed by atoms with E-state index in [1.165, 1.54) is 0 Å². The molecule has 0 saturated carbocycles. The van der Waals surface area contributed by atoms with Crippen molar-refractivity contribution in [3.05, 3.63) is 0 Å². The molecule has 0 aliphatic heterocycles. The molecule has 0 aliphatic rings.